The molecule has 1 fully saturated rings. The lowest BCUT2D eigenvalue weighted by Gasteiger charge is -2.37. The average Bonchev–Trinajstić information content (AvgIpc) is 2.27. The van der Waals surface area contributed by atoms with Crippen molar-refractivity contribution in [1.29, 1.82) is 0 Å². The molecule has 0 saturated heterocycles. The maximum Gasteiger partial charge on any atom is 0.391 e. The summed E-state index contributed by atoms with van der Waals surface area (Å²) in [7, 11) is 0. The largest absolute Gasteiger partial charge is 0.464 e. The van der Waals surface area contributed by atoms with E-state index in [4.69, 9.17) is 0 Å². The highest BCUT2D eigenvalue weighted by atomic mass is 19.4. The summed E-state index contributed by atoms with van der Waals surface area (Å²) in [6.45, 7) is 1.44. The number of rotatable bonds is 3. The number of alkyl halides is 4. The fourth-order valence-corrected chi connectivity index (χ4v) is 2.13. The quantitative estimate of drug-likeness (QED) is 0.633. The fourth-order valence-electron chi connectivity index (χ4n) is 2.13. The van der Waals surface area contributed by atoms with Gasteiger partial charge >= 0.3 is 12.1 Å². The van der Waals surface area contributed by atoms with E-state index in [1.165, 1.54) is 6.92 Å². The number of carbonyl (C=O) groups excluding carboxylic acids is 1. The number of hydrogen-bond acceptors (Lipinski definition) is 3. The summed E-state index contributed by atoms with van der Waals surface area (Å²) < 4.78 is 55.3. The van der Waals surface area contributed by atoms with Gasteiger partial charge in [-0.25, -0.2) is 9.18 Å². The van der Waals surface area contributed by atoms with Crippen LogP contribution >= 0.6 is 0 Å². The Hall–Kier alpha value is -0.850. The standard InChI is InChI=1S/C11H16F4O3/c1-2-18-9(16)8(12)10(17)5-3-7(4-6-10)11(13,14)15/h7-8,17H,2-6H2,1H3. The van der Waals surface area contributed by atoms with Crippen molar-refractivity contribution in [1.82, 2.24) is 0 Å². The Morgan fingerprint density at radius 2 is 1.94 bits per heavy atom. The summed E-state index contributed by atoms with van der Waals surface area (Å²) >= 11 is 0. The number of halogens is 4. The third kappa shape index (κ3) is 3.34. The summed E-state index contributed by atoms with van der Waals surface area (Å²) in [5, 5.41) is 9.88. The molecule has 0 heterocycles. The van der Waals surface area contributed by atoms with Gasteiger partial charge in [-0.05, 0) is 32.6 Å². The predicted molar refractivity (Wildman–Crippen MR) is 54.5 cm³/mol. The highest BCUT2D eigenvalue weighted by molar-refractivity contribution is 5.76. The molecule has 7 heteroatoms. The summed E-state index contributed by atoms with van der Waals surface area (Å²) in [5.41, 5.74) is -2.03. The molecule has 0 aromatic heterocycles. The molecule has 106 valence electrons. The normalized spacial score (nSPS) is 30.9. The second-order valence-corrected chi connectivity index (χ2v) is 4.53. The van der Waals surface area contributed by atoms with Crippen molar-refractivity contribution in [3.8, 4) is 0 Å². The van der Waals surface area contributed by atoms with Crippen LogP contribution in [0.25, 0.3) is 0 Å². The minimum Gasteiger partial charge on any atom is -0.464 e. The van der Waals surface area contributed by atoms with Crippen LogP contribution in [0, 0.1) is 5.92 Å². The van der Waals surface area contributed by atoms with Crippen LogP contribution in [-0.2, 0) is 9.53 Å². The van der Waals surface area contributed by atoms with Gasteiger partial charge < -0.3 is 9.84 Å². The number of ether oxygens (including phenoxy) is 1. The molecule has 1 aliphatic rings. The molecule has 0 aromatic carbocycles. The monoisotopic (exact) mass is 272 g/mol. The van der Waals surface area contributed by atoms with Gasteiger partial charge in [-0.1, -0.05) is 0 Å². The molecule has 0 aromatic rings. The van der Waals surface area contributed by atoms with Crippen LogP contribution in [0.3, 0.4) is 0 Å². The maximum atomic E-state index is 13.7. The summed E-state index contributed by atoms with van der Waals surface area (Å²) in [6, 6.07) is 0. The first kappa shape index (κ1) is 15.2. The number of esters is 1. The predicted octanol–water partition coefficient (Wildman–Crippen LogP) is 2.37. The maximum absolute atomic E-state index is 13.7. The summed E-state index contributed by atoms with van der Waals surface area (Å²) in [4.78, 5) is 11.1. The van der Waals surface area contributed by atoms with E-state index in [0.717, 1.165) is 0 Å². The Balaban J connectivity index is 2.61. The lowest BCUT2D eigenvalue weighted by molar-refractivity contribution is -0.199. The molecule has 1 N–H and O–H groups in total. The first-order valence-corrected chi connectivity index (χ1v) is 5.80. The third-order valence-corrected chi connectivity index (χ3v) is 3.28. The molecule has 0 radical (unpaired) electrons. The number of carbonyl (C=O) groups is 1. The van der Waals surface area contributed by atoms with Gasteiger partial charge in [0.25, 0.3) is 0 Å². The lowest BCUT2D eigenvalue weighted by atomic mass is 9.76. The molecular weight excluding hydrogens is 256 g/mol. The zero-order valence-electron chi connectivity index (χ0n) is 9.97. The van der Waals surface area contributed by atoms with Crippen molar-refractivity contribution >= 4 is 5.97 Å². The van der Waals surface area contributed by atoms with Crippen molar-refractivity contribution < 1.29 is 32.2 Å². The fraction of sp³-hybridized carbons (Fsp3) is 0.909. The van der Waals surface area contributed by atoms with Gasteiger partial charge in [-0.2, -0.15) is 13.2 Å². The van der Waals surface area contributed by atoms with Crippen LogP contribution in [-0.4, -0.2) is 35.6 Å². The summed E-state index contributed by atoms with van der Waals surface area (Å²) in [6.07, 6.45) is -8.16. The first-order chi connectivity index (χ1) is 8.20. The van der Waals surface area contributed by atoms with E-state index in [9.17, 15) is 27.5 Å². The molecule has 3 nitrogen and oxygen atoms in total. The van der Waals surface area contributed by atoms with Crippen molar-refractivity contribution in [3.63, 3.8) is 0 Å². The van der Waals surface area contributed by atoms with Gasteiger partial charge in [0.1, 0.15) is 5.60 Å². The smallest absolute Gasteiger partial charge is 0.391 e. The molecule has 0 amide bonds. The molecule has 0 bridgehead atoms. The van der Waals surface area contributed by atoms with Crippen LogP contribution in [0.1, 0.15) is 32.6 Å². The van der Waals surface area contributed by atoms with Crippen LogP contribution < -0.4 is 0 Å². The van der Waals surface area contributed by atoms with E-state index in [1.54, 1.807) is 0 Å². The van der Waals surface area contributed by atoms with Crippen molar-refractivity contribution in [2.45, 2.75) is 50.6 Å². The second kappa shape index (κ2) is 5.42. The summed E-state index contributed by atoms with van der Waals surface area (Å²) in [5.74, 6) is -2.75. The Morgan fingerprint density at radius 3 is 2.33 bits per heavy atom. The zero-order valence-corrected chi connectivity index (χ0v) is 9.97. The molecule has 1 rings (SSSR count). The van der Waals surface area contributed by atoms with Crippen LogP contribution in [0.15, 0.2) is 0 Å². The Labute approximate surface area is 102 Å². The van der Waals surface area contributed by atoms with E-state index in [-0.39, 0.29) is 19.4 Å². The molecule has 1 atom stereocenters. The SMILES string of the molecule is CCOC(=O)C(F)C1(O)CCC(C(F)(F)F)CC1. The Kier molecular flexibility index (Phi) is 4.58. The van der Waals surface area contributed by atoms with Gasteiger partial charge in [0.2, 0.25) is 6.17 Å². The van der Waals surface area contributed by atoms with E-state index in [0.29, 0.717) is 0 Å². The van der Waals surface area contributed by atoms with Crippen molar-refractivity contribution in [2.75, 3.05) is 6.61 Å². The minimum absolute atomic E-state index is 0.0412. The molecule has 0 spiro atoms. The first-order valence-electron chi connectivity index (χ1n) is 5.80. The second-order valence-electron chi connectivity index (χ2n) is 4.53. The van der Waals surface area contributed by atoms with E-state index < -0.39 is 42.7 Å². The van der Waals surface area contributed by atoms with E-state index in [2.05, 4.69) is 4.74 Å². The molecule has 1 aliphatic carbocycles. The van der Waals surface area contributed by atoms with E-state index in [1.807, 2.05) is 0 Å². The molecule has 1 unspecified atom stereocenters. The minimum atomic E-state index is -4.34. The highest BCUT2D eigenvalue weighted by Crippen LogP contribution is 2.42. The highest BCUT2D eigenvalue weighted by Gasteiger charge is 2.50. The van der Waals surface area contributed by atoms with Crippen LogP contribution in [0.2, 0.25) is 0 Å². The van der Waals surface area contributed by atoms with E-state index >= 15 is 0 Å². The topological polar surface area (TPSA) is 46.5 Å². The average molecular weight is 272 g/mol. The van der Waals surface area contributed by atoms with Gasteiger partial charge in [0.15, 0.2) is 0 Å². The van der Waals surface area contributed by atoms with Gasteiger partial charge in [-0.15, -0.1) is 0 Å². The Morgan fingerprint density at radius 1 is 1.44 bits per heavy atom. The van der Waals surface area contributed by atoms with Crippen molar-refractivity contribution in [3.05, 3.63) is 0 Å². The van der Waals surface area contributed by atoms with Gasteiger partial charge in [0, 0.05) is 0 Å². The number of hydrogen-bond donors (Lipinski definition) is 1. The van der Waals surface area contributed by atoms with Crippen LogP contribution in [0.4, 0.5) is 17.6 Å². The molecule has 1 saturated carbocycles. The zero-order chi connectivity index (χ0) is 14.0. The Bertz CT molecular complexity index is 295. The third-order valence-electron chi connectivity index (χ3n) is 3.28. The van der Waals surface area contributed by atoms with Crippen molar-refractivity contribution in [2.24, 2.45) is 5.92 Å². The lowest BCUT2D eigenvalue weighted by Crippen LogP contribution is -2.49. The molecule has 0 aliphatic heterocycles. The molecule has 18 heavy (non-hydrogen) atoms. The van der Waals surface area contributed by atoms with Gasteiger partial charge in [0.05, 0.1) is 12.5 Å². The van der Waals surface area contributed by atoms with Crippen LogP contribution in [0.5, 0.6) is 0 Å². The van der Waals surface area contributed by atoms with Gasteiger partial charge in [-0.3, -0.25) is 0 Å². The molecular formula is C11H16F4O3. The number of aliphatic hydroxyl groups is 1.